The van der Waals surface area contributed by atoms with Gasteiger partial charge in [-0.05, 0) is 79.2 Å². The maximum atomic E-state index is 5.86. The lowest BCUT2D eigenvalue weighted by Crippen LogP contribution is -2.22. The molecule has 0 aliphatic heterocycles. The molecule has 14 nitrogen and oxygen atoms in total. The van der Waals surface area contributed by atoms with Crippen LogP contribution in [-0.2, 0) is 37.0 Å². The number of pyridine rings is 2. The van der Waals surface area contributed by atoms with Crippen LogP contribution in [0.5, 0.6) is 0 Å². The van der Waals surface area contributed by atoms with Gasteiger partial charge in [0.1, 0.15) is 36.1 Å². The number of halogens is 1. The number of tetrazole rings is 2. The van der Waals surface area contributed by atoms with Gasteiger partial charge >= 0.3 is 0 Å². The monoisotopic (exact) mass is 738 g/mol. The molecular formula is C30H43BrN12O2Si2. The summed E-state index contributed by atoms with van der Waals surface area (Å²) in [7, 11) is 1.47. The van der Waals surface area contributed by atoms with Crippen LogP contribution >= 0.6 is 15.9 Å². The molecule has 250 valence electrons. The van der Waals surface area contributed by atoms with E-state index >= 15 is 0 Å². The summed E-state index contributed by atoms with van der Waals surface area (Å²) in [5, 5.41) is 25.2. The predicted molar refractivity (Wildman–Crippen MR) is 191 cm³/mol. The Morgan fingerprint density at radius 1 is 0.681 bits per heavy atom. The summed E-state index contributed by atoms with van der Waals surface area (Å²) in [5.74, 6) is 1.29. The minimum Gasteiger partial charge on any atom is -0.361 e. The number of fused-ring (bicyclic) bond motifs is 2. The van der Waals surface area contributed by atoms with Crippen molar-refractivity contribution >= 4 is 54.1 Å². The summed E-state index contributed by atoms with van der Waals surface area (Å²) < 4.78 is 20.0. The van der Waals surface area contributed by atoms with Crippen molar-refractivity contribution in [1.82, 2.24) is 59.5 Å². The van der Waals surface area contributed by atoms with E-state index in [1.807, 2.05) is 51.9 Å². The Morgan fingerprint density at radius 3 is 1.74 bits per heavy atom. The number of rotatable bonds is 12. The second kappa shape index (κ2) is 14.6. The second-order valence-corrected chi connectivity index (χ2v) is 26.0. The van der Waals surface area contributed by atoms with E-state index in [0.29, 0.717) is 25.1 Å². The highest BCUT2D eigenvalue weighted by Gasteiger charge is 2.16. The van der Waals surface area contributed by atoms with Crippen molar-refractivity contribution in [3.05, 3.63) is 47.2 Å². The summed E-state index contributed by atoms with van der Waals surface area (Å²) in [6.07, 6.45) is 4.01. The van der Waals surface area contributed by atoms with Gasteiger partial charge in [0, 0.05) is 71.1 Å². The Balaban J connectivity index is 0.000000185. The molecule has 0 aliphatic carbocycles. The Labute approximate surface area is 284 Å². The number of hydrogen-bond donors (Lipinski definition) is 0. The zero-order chi connectivity index (χ0) is 33.8. The number of nitrogens with zero attached hydrogens (tertiary/aromatic N) is 12. The number of aryl methyl sites for hydroxylation is 2. The molecule has 0 saturated heterocycles. The van der Waals surface area contributed by atoms with Gasteiger partial charge in [0.15, 0.2) is 11.6 Å². The van der Waals surface area contributed by atoms with E-state index in [-0.39, 0.29) is 0 Å². The average Bonchev–Trinajstić information content (AvgIpc) is 3.80. The molecule has 47 heavy (non-hydrogen) atoms. The van der Waals surface area contributed by atoms with Crippen molar-refractivity contribution < 1.29 is 9.47 Å². The molecule has 0 radical (unpaired) electrons. The summed E-state index contributed by atoms with van der Waals surface area (Å²) in [4.78, 5) is 9.42. The summed E-state index contributed by atoms with van der Waals surface area (Å²) in [6.45, 7) is 16.7. The Bertz CT molecular complexity index is 1940. The van der Waals surface area contributed by atoms with Crippen LogP contribution in [0, 0.1) is 0 Å². The molecule has 6 aromatic rings. The predicted octanol–water partition coefficient (Wildman–Crippen LogP) is 5.84. The molecule has 6 rings (SSSR count). The Morgan fingerprint density at radius 2 is 1.21 bits per heavy atom. The van der Waals surface area contributed by atoms with E-state index in [9.17, 15) is 0 Å². The van der Waals surface area contributed by atoms with Gasteiger partial charge in [0.2, 0.25) is 0 Å². The quantitative estimate of drug-likeness (QED) is 0.111. The summed E-state index contributed by atoms with van der Waals surface area (Å²) in [6, 6.07) is 12.3. The molecule has 17 heteroatoms. The first kappa shape index (κ1) is 34.7. The van der Waals surface area contributed by atoms with Crippen LogP contribution in [0.1, 0.15) is 0 Å². The highest BCUT2D eigenvalue weighted by Crippen LogP contribution is 2.27. The van der Waals surface area contributed by atoms with Crippen molar-refractivity contribution in [3.8, 4) is 23.0 Å². The van der Waals surface area contributed by atoms with Gasteiger partial charge in [-0.2, -0.15) is 0 Å². The average molecular weight is 740 g/mol. The van der Waals surface area contributed by atoms with Gasteiger partial charge in [0.25, 0.3) is 0 Å². The van der Waals surface area contributed by atoms with Crippen molar-refractivity contribution in [1.29, 1.82) is 0 Å². The third kappa shape index (κ3) is 9.04. The lowest BCUT2D eigenvalue weighted by atomic mass is 10.3. The standard InChI is InChI=1S/C15H21BrN6OSi.C15H22N6OSi/c1-21-15(18-19-20-21)13-6-5-11-12(16)9-22(14(11)17-13)10-23-7-8-24(2,3)4;1-20-15(17-18-19-20)13-6-5-12-7-8-21(14(12)16-13)11-22-9-10-23(2,3)4/h5-6,9H,7-8,10H2,1-4H3;5-8H,9-11H2,1-4H3. The van der Waals surface area contributed by atoms with Gasteiger partial charge in [-0.1, -0.05) is 39.3 Å². The molecule has 0 unspecified atom stereocenters. The Hall–Kier alpha value is -3.65. The molecule has 0 aromatic carbocycles. The molecule has 0 aliphatic rings. The normalized spacial score (nSPS) is 12.2. The largest absolute Gasteiger partial charge is 0.361 e. The van der Waals surface area contributed by atoms with E-state index < -0.39 is 16.1 Å². The van der Waals surface area contributed by atoms with Gasteiger partial charge in [-0.15, -0.1) is 10.2 Å². The fraction of sp³-hybridized carbons (Fsp3) is 0.467. The van der Waals surface area contributed by atoms with Crippen molar-refractivity contribution in [2.75, 3.05) is 13.2 Å². The van der Waals surface area contributed by atoms with Gasteiger partial charge in [0.05, 0.1) is 0 Å². The molecule has 0 atom stereocenters. The fourth-order valence-corrected chi connectivity index (χ4v) is 6.68. The first-order chi connectivity index (χ1) is 22.3. The molecule has 6 aromatic heterocycles. The fourth-order valence-electron chi connectivity index (χ4n) is 4.61. The summed E-state index contributed by atoms with van der Waals surface area (Å²) in [5.41, 5.74) is 3.24. The van der Waals surface area contributed by atoms with Crippen LogP contribution in [0.2, 0.25) is 51.4 Å². The smallest absolute Gasteiger partial charge is 0.200 e. The first-order valence-corrected chi connectivity index (χ1v) is 23.7. The summed E-state index contributed by atoms with van der Waals surface area (Å²) >= 11 is 3.59. The van der Waals surface area contributed by atoms with E-state index in [1.54, 1.807) is 23.5 Å². The van der Waals surface area contributed by atoms with Crippen LogP contribution in [-0.4, -0.2) is 88.9 Å². The number of ether oxygens (including phenoxy) is 2. The third-order valence-corrected chi connectivity index (χ3v) is 11.5. The Kier molecular flexibility index (Phi) is 10.8. The van der Waals surface area contributed by atoms with Gasteiger partial charge in [-0.25, -0.2) is 19.3 Å². The molecule has 0 fully saturated rings. The van der Waals surface area contributed by atoms with E-state index in [2.05, 4.69) is 86.3 Å². The van der Waals surface area contributed by atoms with Gasteiger partial charge in [-0.3, -0.25) is 0 Å². The van der Waals surface area contributed by atoms with Crippen LogP contribution < -0.4 is 0 Å². The van der Waals surface area contributed by atoms with Gasteiger partial charge < -0.3 is 18.6 Å². The van der Waals surface area contributed by atoms with Crippen LogP contribution in [0.15, 0.2) is 47.2 Å². The minimum atomic E-state index is -1.08. The van der Waals surface area contributed by atoms with Crippen molar-refractivity contribution in [2.45, 2.75) is 64.8 Å². The van der Waals surface area contributed by atoms with Crippen molar-refractivity contribution in [2.24, 2.45) is 14.1 Å². The SMILES string of the molecule is Cn1nnnc1-c1ccc2c(Br)cn(COCC[Si](C)(C)C)c2n1.Cn1nnnc1-c1ccc2ccn(COCC[Si](C)(C)C)c2n1. The van der Waals surface area contributed by atoms with E-state index in [1.165, 1.54) is 0 Å². The van der Waals surface area contributed by atoms with Crippen molar-refractivity contribution in [3.63, 3.8) is 0 Å². The zero-order valence-electron chi connectivity index (χ0n) is 28.3. The zero-order valence-corrected chi connectivity index (χ0v) is 31.9. The minimum absolute atomic E-state index is 0.486. The molecule has 0 bridgehead atoms. The topological polar surface area (TPSA) is 141 Å². The number of hydrogen-bond acceptors (Lipinski definition) is 10. The molecule has 0 amide bonds. The highest BCUT2D eigenvalue weighted by atomic mass is 79.9. The first-order valence-electron chi connectivity index (χ1n) is 15.5. The molecule has 0 N–H and O–H groups in total. The number of aromatic nitrogens is 12. The lowest BCUT2D eigenvalue weighted by Gasteiger charge is -2.15. The molecule has 0 saturated carbocycles. The highest BCUT2D eigenvalue weighted by molar-refractivity contribution is 9.10. The third-order valence-electron chi connectivity index (χ3n) is 7.44. The maximum absolute atomic E-state index is 5.86. The lowest BCUT2D eigenvalue weighted by molar-refractivity contribution is 0.0897. The van der Waals surface area contributed by atoms with E-state index in [4.69, 9.17) is 19.4 Å². The van der Waals surface area contributed by atoms with Crippen LogP contribution in [0.3, 0.4) is 0 Å². The van der Waals surface area contributed by atoms with E-state index in [0.717, 1.165) is 63.2 Å². The second-order valence-electron chi connectivity index (χ2n) is 13.9. The molecular weight excluding hydrogens is 696 g/mol. The molecule has 0 spiro atoms. The molecule has 6 heterocycles. The maximum Gasteiger partial charge on any atom is 0.200 e. The van der Waals surface area contributed by atoms with Crippen LogP contribution in [0.4, 0.5) is 0 Å². The van der Waals surface area contributed by atoms with Crippen LogP contribution in [0.25, 0.3) is 45.1 Å².